The number of rotatable bonds is 5. The number of hydrogen-bond donors (Lipinski definition) is 2. The quantitative estimate of drug-likeness (QED) is 0.755. The minimum absolute atomic E-state index is 0.0870. The number of anilines is 1. The fourth-order valence-corrected chi connectivity index (χ4v) is 2.45. The van der Waals surface area contributed by atoms with Crippen molar-refractivity contribution in [2.24, 2.45) is 0 Å². The lowest BCUT2D eigenvalue weighted by Crippen LogP contribution is -2.29. The van der Waals surface area contributed by atoms with E-state index in [0.717, 1.165) is 5.82 Å². The number of fused-ring (bicyclic) bond motifs is 1. The van der Waals surface area contributed by atoms with Gasteiger partial charge < -0.3 is 15.2 Å². The number of amides is 1. The smallest absolute Gasteiger partial charge is 0.253 e. The minimum atomic E-state index is -0.303. The largest absolute Gasteiger partial charge is 0.373 e. The molecular weight excluding hydrogens is 309 g/mol. The van der Waals surface area contributed by atoms with Crippen molar-refractivity contribution in [3.8, 4) is 0 Å². The molecule has 0 bridgehead atoms. The third-order valence-electron chi connectivity index (χ3n) is 3.79. The van der Waals surface area contributed by atoms with Gasteiger partial charge in [0.1, 0.15) is 17.5 Å². The second-order valence-electron chi connectivity index (χ2n) is 5.50. The van der Waals surface area contributed by atoms with E-state index in [-0.39, 0.29) is 11.7 Å². The van der Waals surface area contributed by atoms with Crippen molar-refractivity contribution in [2.75, 3.05) is 26.0 Å². The molecule has 0 aliphatic carbocycles. The Morgan fingerprint density at radius 2 is 2.17 bits per heavy atom. The average Bonchev–Trinajstić information content (AvgIpc) is 3.01. The number of nitrogens with zero attached hydrogens (tertiary/aromatic N) is 3. The molecule has 24 heavy (non-hydrogen) atoms. The van der Waals surface area contributed by atoms with Gasteiger partial charge in [0.25, 0.3) is 5.91 Å². The molecule has 0 saturated carbocycles. The standard InChI is InChI=1S/C17H18FN5O/c1-19-16-9-11(5-7-20-16)17(24)23(2)8-6-15-21-13-4-3-12(18)10-14(13)22-15/h3-5,7,9-10H,6,8H2,1-2H3,(H,19,20)(H,21,22). The molecule has 2 heterocycles. The highest BCUT2D eigenvalue weighted by atomic mass is 19.1. The zero-order valence-corrected chi connectivity index (χ0v) is 13.5. The molecule has 7 heteroatoms. The summed E-state index contributed by atoms with van der Waals surface area (Å²) in [6, 6.07) is 7.82. The number of likely N-dealkylation sites (N-methyl/N-ethyl adjacent to an activating group) is 1. The summed E-state index contributed by atoms with van der Waals surface area (Å²) in [6.07, 6.45) is 2.16. The van der Waals surface area contributed by atoms with Crippen molar-refractivity contribution in [3.05, 3.63) is 53.7 Å². The molecule has 6 nitrogen and oxygen atoms in total. The number of benzene rings is 1. The number of pyridine rings is 1. The minimum Gasteiger partial charge on any atom is -0.373 e. The number of nitrogens with one attached hydrogen (secondary N) is 2. The predicted molar refractivity (Wildman–Crippen MR) is 90.5 cm³/mol. The van der Waals surface area contributed by atoms with Crippen molar-refractivity contribution in [2.45, 2.75) is 6.42 Å². The van der Waals surface area contributed by atoms with Gasteiger partial charge in [-0.25, -0.2) is 14.4 Å². The SMILES string of the molecule is CNc1cc(C(=O)N(C)CCc2nc3ccc(F)cc3[nH]2)ccn1. The number of hydrogen-bond acceptors (Lipinski definition) is 4. The second kappa shape index (κ2) is 6.66. The van der Waals surface area contributed by atoms with Crippen LogP contribution in [0, 0.1) is 5.82 Å². The van der Waals surface area contributed by atoms with E-state index < -0.39 is 0 Å². The van der Waals surface area contributed by atoms with Crippen LogP contribution in [0.5, 0.6) is 0 Å². The second-order valence-corrected chi connectivity index (χ2v) is 5.50. The maximum atomic E-state index is 13.2. The Bertz CT molecular complexity index is 876. The van der Waals surface area contributed by atoms with E-state index in [2.05, 4.69) is 20.3 Å². The summed E-state index contributed by atoms with van der Waals surface area (Å²) in [6.45, 7) is 0.498. The molecule has 0 radical (unpaired) electrons. The number of halogens is 1. The Kier molecular flexibility index (Phi) is 4.41. The van der Waals surface area contributed by atoms with Crippen LogP contribution >= 0.6 is 0 Å². The lowest BCUT2D eigenvalue weighted by molar-refractivity contribution is 0.0796. The van der Waals surface area contributed by atoms with Gasteiger partial charge in [0, 0.05) is 38.8 Å². The Hall–Kier alpha value is -2.96. The molecular formula is C17H18FN5O. The van der Waals surface area contributed by atoms with Gasteiger partial charge in [-0.1, -0.05) is 0 Å². The first-order chi connectivity index (χ1) is 11.6. The van der Waals surface area contributed by atoms with Gasteiger partial charge in [0.15, 0.2) is 0 Å². The van der Waals surface area contributed by atoms with Gasteiger partial charge in [-0.15, -0.1) is 0 Å². The van der Waals surface area contributed by atoms with Crippen LogP contribution in [0.25, 0.3) is 11.0 Å². The highest BCUT2D eigenvalue weighted by Crippen LogP contribution is 2.14. The van der Waals surface area contributed by atoms with Crippen LogP contribution in [0.3, 0.4) is 0 Å². The molecule has 124 valence electrons. The van der Waals surface area contributed by atoms with Gasteiger partial charge in [-0.2, -0.15) is 0 Å². The Morgan fingerprint density at radius 3 is 2.96 bits per heavy atom. The van der Waals surface area contributed by atoms with E-state index >= 15 is 0 Å². The summed E-state index contributed by atoms with van der Waals surface area (Å²) < 4.78 is 13.2. The lowest BCUT2D eigenvalue weighted by atomic mass is 10.2. The third kappa shape index (κ3) is 3.34. The molecule has 0 atom stereocenters. The molecule has 0 fully saturated rings. The zero-order valence-electron chi connectivity index (χ0n) is 13.5. The third-order valence-corrected chi connectivity index (χ3v) is 3.79. The summed E-state index contributed by atoms with van der Waals surface area (Å²) in [5.74, 6) is 0.980. The Labute approximate surface area is 138 Å². The summed E-state index contributed by atoms with van der Waals surface area (Å²) in [4.78, 5) is 25.7. The van der Waals surface area contributed by atoms with Gasteiger partial charge in [-0.05, 0) is 30.3 Å². The molecule has 0 unspecified atom stereocenters. The number of aromatic amines is 1. The summed E-state index contributed by atoms with van der Waals surface area (Å²) in [7, 11) is 3.49. The molecule has 0 spiro atoms. The molecule has 1 amide bonds. The molecule has 3 aromatic rings. The van der Waals surface area contributed by atoms with Gasteiger partial charge >= 0.3 is 0 Å². The zero-order chi connectivity index (χ0) is 17.1. The van der Waals surface area contributed by atoms with Crippen molar-refractivity contribution in [1.82, 2.24) is 19.9 Å². The van der Waals surface area contributed by atoms with E-state index in [9.17, 15) is 9.18 Å². The number of imidazole rings is 1. The van der Waals surface area contributed by atoms with Crippen molar-refractivity contribution in [1.29, 1.82) is 0 Å². The number of carbonyl (C=O) groups is 1. The lowest BCUT2D eigenvalue weighted by Gasteiger charge is -2.16. The molecule has 2 N–H and O–H groups in total. The summed E-state index contributed by atoms with van der Waals surface area (Å²) in [5, 5.41) is 2.91. The van der Waals surface area contributed by atoms with Crippen LogP contribution in [0.2, 0.25) is 0 Å². The van der Waals surface area contributed by atoms with Gasteiger partial charge in [-0.3, -0.25) is 4.79 Å². The van der Waals surface area contributed by atoms with Crippen molar-refractivity contribution >= 4 is 22.8 Å². The van der Waals surface area contributed by atoms with Crippen LogP contribution in [0.15, 0.2) is 36.5 Å². The van der Waals surface area contributed by atoms with E-state index in [4.69, 9.17) is 0 Å². The fraction of sp³-hybridized carbons (Fsp3) is 0.235. The molecule has 1 aromatic carbocycles. The molecule has 2 aromatic heterocycles. The van der Waals surface area contributed by atoms with E-state index in [0.29, 0.717) is 35.4 Å². The average molecular weight is 327 g/mol. The summed E-state index contributed by atoms with van der Waals surface area (Å²) in [5.41, 5.74) is 1.95. The predicted octanol–water partition coefficient (Wildman–Crippen LogP) is 2.45. The first-order valence-corrected chi connectivity index (χ1v) is 7.60. The molecule has 0 aliphatic rings. The normalized spacial score (nSPS) is 10.8. The molecule has 3 rings (SSSR count). The Balaban J connectivity index is 1.67. The van der Waals surface area contributed by atoms with Crippen LogP contribution in [0.4, 0.5) is 10.2 Å². The van der Waals surface area contributed by atoms with Crippen LogP contribution in [-0.4, -0.2) is 46.4 Å². The topological polar surface area (TPSA) is 73.9 Å². The molecule has 0 aliphatic heterocycles. The number of carbonyl (C=O) groups excluding carboxylic acids is 1. The number of aromatic nitrogens is 3. The Morgan fingerprint density at radius 1 is 1.33 bits per heavy atom. The first kappa shape index (κ1) is 15.9. The van der Waals surface area contributed by atoms with Crippen LogP contribution in [0.1, 0.15) is 16.2 Å². The fourth-order valence-electron chi connectivity index (χ4n) is 2.45. The van der Waals surface area contributed by atoms with Crippen molar-refractivity contribution in [3.63, 3.8) is 0 Å². The van der Waals surface area contributed by atoms with Crippen LogP contribution < -0.4 is 5.32 Å². The summed E-state index contributed by atoms with van der Waals surface area (Å²) >= 11 is 0. The van der Waals surface area contributed by atoms with Crippen LogP contribution in [-0.2, 0) is 6.42 Å². The van der Waals surface area contributed by atoms with E-state index in [1.807, 2.05) is 0 Å². The van der Waals surface area contributed by atoms with E-state index in [1.54, 1.807) is 43.4 Å². The first-order valence-electron chi connectivity index (χ1n) is 7.60. The maximum Gasteiger partial charge on any atom is 0.253 e. The highest BCUT2D eigenvalue weighted by molar-refractivity contribution is 5.94. The molecule has 0 saturated heterocycles. The monoisotopic (exact) mass is 327 g/mol. The van der Waals surface area contributed by atoms with Gasteiger partial charge in [0.2, 0.25) is 0 Å². The maximum absolute atomic E-state index is 13.2. The van der Waals surface area contributed by atoms with Crippen molar-refractivity contribution < 1.29 is 9.18 Å². The van der Waals surface area contributed by atoms with Gasteiger partial charge in [0.05, 0.1) is 11.0 Å². The highest BCUT2D eigenvalue weighted by Gasteiger charge is 2.13. The number of H-pyrrole nitrogens is 1. The van der Waals surface area contributed by atoms with E-state index in [1.165, 1.54) is 12.1 Å².